The van der Waals surface area contributed by atoms with Crippen LogP contribution in [0.4, 0.5) is 0 Å². The maximum atomic E-state index is 12.5. The van der Waals surface area contributed by atoms with Crippen molar-refractivity contribution in [1.29, 1.82) is 0 Å². The topological polar surface area (TPSA) is 79.3 Å². The molecule has 1 amide bonds. The number of fused-ring (bicyclic) bond motifs is 5. The van der Waals surface area contributed by atoms with Crippen molar-refractivity contribution in [3.05, 3.63) is 29.1 Å². The Morgan fingerprint density at radius 1 is 1.17 bits per heavy atom. The number of carbonyl (C=O) groups is 2. The Bertz CT molecular complexity index is 672. The number of hydrogen-bond acceptors (Lipinski definition) is 3. The highest BCUT2D eigenvalue weighted by Gasteiger charge is 2.54. The molecular formula is C18H22N2O3. The number of nitrogens with zero attached hydrogens (tertiary/aromatic N) is 1. The van der Waals surface area contributed by atoms with E-state index in [-0.39, 0.29) is 17.5 Å². The number of pyridine rings is 1. The van der Waals surface area contributed by atoms with Gasteiger partial charge in [0.1, 0.15) is 5.69 Å². The number of carboxylic acid groups (broad SMARTS) is 1. The Morgan fingerprint density at radius 2 is 1.96 bits per heavy atom. The third-order valence-corrected chi connectivity index (χ3v) is 6.29. The Kier molecular flexibility index (Phi) is 3.39. The molecule has 3 aliphatic rings. The lowest BCUT2D eigenvalue weighted by Gasteiger charge is -2.32. The second-order valence-corrected chi connectivity index (χ2v) is 7.37. The lowest BCUT2D eigenvalue weighted by Crippen LogP contribution is -2.42. The van der Waals surface area contributed by atoms with Crippen molar-refractivity contribution < 1.29 is 14.7 Å². The summed E-state index contributed by atoms with van der Waals surface area (Å²) in [5, 5.41) is 12.2. The third-order valence-electron chi connectivity index (χ3n) is 6.29. The van der Waals surface area contributed by atoms with E-state index in [4.69, 9.17) is 5.11 Å². The fraction of sp³-hybridized carbons (Fsp3) is 0.611. The number of hydrogen-bond donors (Lipinski definition) is 2. The van der Waals surface area contributed by atoms with Gasteiger partial charge in [0.2, 0.25) is 0 Å². The van der Waals surface area contributed by atoms with Gasteiger partial charge in [0.25, 0.3) is 5.91 Å². The second-order valence-electron chi connectivity index (χ2n) is 7.37. The highest BCUT2D eigenvalue weighted by Crippen LogP contribution is 2.58. The molecule has 3 saturated carbocycles. The van der Waals surface area contributed by atoms with Gasteiger partial charge in [0.05, 0.1) is 11.3 Å². The standard InChI is InChI=1S/C18H22N2O3/c1-9-11(18(22)23)5-6-15(19-9)17(21)20-16-8-10-7-14(16)13-4-2-3-12(10)13/h5-6,10,12-14,16H,2-4,7-8H2,1H3,(H,20,21)(H,22,23). The Labute approximate surface area is 135 Å². The minimum Gasteiger partial charge on any atom is -0.478 e. The molecule has 23 heavy (non-hydrogen) atoms. The van der Waals surface area contributed by atoms with Crippen molar-refractivity contribution in [3.63, 3.8) is 0 Å². The number of carboxylic acids is 1. The van der Waals surface area contributed by atoms with E-state index in [9.17, 15) is 9.59 Å². The van der Waals surface area contributed by atoms with Crippen LogP contribution in [0.1, 0.15) is 58.6 Å². The first-order valence-corrected chi connectivity index (χ1v) is 8.56. The lowest BCUT2D eigenvalue weighted by molar-refractivity contribution is 0.0694. The SMILES string of the molecule is Cc1nc(C(=O)NC2CC3CC2C2CCCC32)ccc1C(=O)O. The van der Waals surface area contributed by atoms with Crippen LogP contribution in [0.25, 0.3) is 0 Å². The number of aromatic nitrogens is 1. The molecule has 2 bridgehead atoms. The van der Waals surface area contributed by atoms with Crippen LogP contribution >= 0.6 is 0 Å². The van der Waals surface area contributed by atoms with E-state index < -0.39 is 5.97 Å². The van der Waals surface area contributed by atoms with Crippen LogP contribution in [0.15, 0.2) is 12.1 Å². The van der Waals surface area contributed by atoms with E-state index in [0.29, 0.717) is 17.3 Å². The second kappa shape index (κ2) is 5.32. The van der Waals surface area contributed by atoms with E-state index in [1.807, 2.05) is 0 Å². The molecule has 4 rings (SSSR count). The summed E-state index contributed by atoms with van der Waals surface area (Å²) < 4.78 is 0. The average molecular weight is 314 g/mol. The smallest absolute Gasteiger partial charge is 0.337 e. The van der Waals surface area contributed by atoms with Crippen molar-refractivity contribution in [2.45, 2.75) is 45.1 Å². The van der Waals surface area contributed by atoms with Crippen molar-refractivity contribution >= 4 is 11.9 Å². The van der Waals surface area contributed by atoms with E-state index in [1.165, 1.54) is 37.8 Å². The minimum absolute atomic E-state index is 0.148. The zero-order valence-electron chi connectivity index (χ0n) is 13.3. The predicted octanol–water partition coefficient (Wildman–Crippen LogP) is 2.64. The molecule has 5 unspecified atom stereocenters. The first-order chi connectivity index (χ1) is 11.0. The Balaban J connectivity index is 1.47. The molecule has 122 valence electrons. The van der Waals surface area contributed by atoms with Crippen molar-refractivity contribution in [2.24, 2.45) is 23.7 Å². The van der Waals surface area contributed by atoms with Crippen LogP contribution in [0.2, 0.25) is 0 Å². The molecule has 1 heterocycles. The molecule has 0 spiro atoms. The van der Waals surface area contributed by atoms with Crippen LogP contribution in [0.3, 0.4) is 0 Å². The largest absolute Gasteiger partial charge is 0.478 e. The van der Waals surface area contributed by atoms with E-state index >= 15 is 0 Å². The summed E-state index contributed by atoms with van der Waals surface area (Å²) in [7, 11) is 0. The van der Waals surface area contributed by atoms with Crippen molar-refractivity contribution in [3.8, 4) is 0 Å². The Morgan fingerprint density at radius 3 is 2.70 bits per heavy atom. The number of rotatable bonds is 3. The summed E-state index contributed by atoms with van der Waals surface area (Å²) in [5.41, 5.74) is 0.850. The number of aryl methyl sites for hydroxylation is 1. The molecule has 1 aromatic heterocycles. The van der Waals surface area contributed by atoms with Gasteiger partial charge >= 0.3 is 5.97 Å². The van der Waals surface area contributed by atoms with Crippen LogP contribution in [0, 0.1) is 30.6 Å². The summed E-state index contributed by atoms with van der Waals surface area (Å²) >= 11 is 0. The molecule has 1 aromatic rings. The van der Waals surface area contributed by atoms with Crippen molar-refractivity contribution in [2.75, 3.05) is 0 Å². The number of carbonyl (C=O) groups excluding carboxylic acids is 1. The first-order valence-electron chi connectivity index (χ1n) is 8.56. The summed E-state index contributed by atoms with van der Waals surface area (Å²) in [4.78, 5) is 27.7. The van der Waals surface area contributed by atoms with Gasteiger partial charge in [-0.15, -0.1) is 0 Å². The first kappa shape index (κ1) is 14.7. The minimum atomic E-state index is -1.01. The highest BCUT2D eigenvalue weighted by molar-refractivity contribution is 5.94. The molecule has 0 radical (unpaired) electrons. The monoisotopic (exact) mass is 314 g/mol. The molecule has 5 nitrogen and oxygen atoms in total. The van der Waals surface area contributed by atoms with Gasteiger partial charge in [-0.1, -0.05) is 6.42 Å². The molecule has 0 saturated heterocycles. The van der Waals surface area contributed by atoms with E-state index in [2.05, 4.69) is 10.3 Å². The molecular weight excluding hydrogens is 292 g/mol. The molecule has 5 atom stereocenters. The van der Waals surface area contributed by atoms with Gasteiger partial charge < -0.3 is 10.4 Å². The maximum Gasteiger partial charge on any atom is 0.337 e. The van der Waals surface area contributed by atoms with Crippen LogP contribution in [-0.4, -0.2) is 28.0 Å². The lowest BCUT2D eigenvalue weighted by atomic mass is 9.79. The molecule has 5 heteroatoms. The highest BCUT2D eigenvalue weighted by atomic mass is 16.4. The van der Waals surface area contributed by atoms with Crippen molar-refractivity contribution in [1.82, 2.24) is 10.3 Å². The maximum absolute atomic E-state index is 12.5. The van der Waals surface area contributed by atoms with Gasteiger partial charge in [0.15, 0.2) is 0 Å². The zero-order valence-corrected chi connectivity index (χ0v) is 13.3. The average Bonchev–Trinajstić information content (AvgIpc) is 3.18. The molecule has 0 aromatic carbocycles. The van der Waals surface area contributed by atoms with Crippen LogP contribution < -0.4 is 5.32 Å². The van der Waals surface area contributed by atoms with Gasteiger partial charge in [-0.2, -0.15) is 0 Å². The number of nitrogens with one attached hydrogen (secondary N) is 1. The summed E-state index contributed by atoms with van der Waals surface area (Å²) in [6, 6.07) is 3.25. The van der Waals surface area contributed by atoms with E-state index in [0.717, 1.165) is 24.2 Å². The molecule has 0 aliphatic heterocycles. The Hall–Kier alpha value is -1.91. The van der Waals surface area contributed by atoms with Gasteiger partial charge in [-0.05, 0) is 68.4 Å². The van der Waals surface area contributed by atoms with Gasteiger partial charge in [-0.25, -0.2) is 9.78 Å². The zero-order chi connectivity index (χ0) is 16.1. The fourth-order valence-corrected chi connectivity index (χ4v) is 5.39. The van der Waals surface area contributed by atoms with Crippen LogP contribution in [-0.2, 0) is 0 Å². The quantitative estimate of drug-likeness (QED) is 0.899. The predicted molar refractivity (Wildman–Crippen MR) is 84.2 cm³/mol. The summed E-state index contributed by atoms with van der Waals surface area (Å²) in [5.74, 6) is 1.96. The van der Waals surface area contributed by atoms with Gasteiger partial charge in [0, 0.05) is 6.04 Å². The molecule has 3 aliphatic carbocycles. The molecule has 3 fully saturated rings. The normalized spacial score (nSPS) is 34.4. The third kappa shape index (κ3) is 2.33. The molecule has 2 N–H and O–H groups in total. The fourth-order valence-electron chi connectivity index (χ4n) is 5.39. The van der Waals surface area contributed by atoms with Crippen LogP contribution in [0.5, 0.6) is 0 Å². The van der Waals surface area contributed by atoms with E-state index in [1.54, 1.807) is 6.92 Å². The number of amides is 1. The summed E-state index contributed by atoms with van der Waals surface area (Å²) in [6.07, 6.45) is 6.42. The summed E-state index contributed by atoms with van der Waals surface area (Å²) in [6.45, 7) is 1.63. The number of aromatic carboxylic acids is 1. The van der Waals surface area contributed by atoms with Gasteiger partial charge in [-0.3, -0.25) is 4.79 Å².